The lowest BCUT2D eigenvalue weighted by Gasteiger charge is -2.18. The van der Waals surface area contributed by atoms with E-state index in [1.807, 2.05) is 31.2 Å². The number of hydrogen-bond donors (Lipinski definition) is 3. The second kappa shape index (κ2) is 14.0. The van der Waals surface area contributed by atoms with Crippen LogP contribution in [0.15, 0.2) is 29.3 Å². The van der Waals surface area contributed by atoms with E-state index in [2.05, 4.69) is 39.8 Å². The average Bonchev–Trinajstić information content (AvgIpc) is 2.70. The van der Waals surface area contributed by atoms with E-state index in [0.717, 1.165) is 50.6 Å². The van der Waals surface area contributed by atoms with Crippen molar-refractivity contribution in [2.75, 3.05) is 47.4 Å². The van der Waals surface area contributed by atoms with Crippen LogP contribution in [0.1, 0.15) is 42.6 Å². The van der Waals surface area contributed by atoms with Gasteiger partial charge in [0.15, 0.2) is 5.96 Å². The molecular formula is C21H37N5O2. The number of nitrogens with one attached hydrogen (secondary N) is 3. The Morgan fingerprint density at radius 3 is 2.75 bits per heavy atom. The smallest absolute Gasteiger partial charge is 0.251 e. The van der Waals surface area contributed by atoms with Gasteiger partial charge in [0.1, 0.15) is 0 Å². The number of aliphatic imine (C=N–C) groups is 1. The number of ether oxygens (including phenoxy) is 1. The van der Waals surface area contributed by atoms with Crippen LogP contribution in [0.4, 0.5) is 0 Å². The van der Waals surface area contributed by atoms with Crippen LogP contribution in [0.25, 0.3) is 0 Å². The summed E-state index contributed by atoms with van der Waals surface area (Å²) in [6.45, 7) is 8.20. The fraction of sp³-hybridized carbons (Fsp3) is 0.619. The van der Waals surface area contributed by atoms with Crippen LogP contribution >= 0.6 is 0 Å². The molecule has 1 aromatic rings. The highest BCUT2D eigenvalue weighted by Gasteiger charge is 2.09. The number of benzene rings is 1. The van der Waals surface area contributed by atoms with Crippen molar-refractivity contribution in [3.05, 3.63) is 35.4 Å². The number of likely N-dealkylation sites (N-methyl/N-ethyl adjacent to an activating group) is 1. The Hall–Kier alpha value is -2.12. The van der Waals surface area contributed by atoms with E-state index >= 15 is 0 Å². The van der Waals surface area contributed by atoms with E-state index in [-0.39, 0.29) is 11.9 Å². The predicted molar refractivity (Wildman–Crippen MR) is 116 cm³/mol. The minimum Gasteiger partial charge on any atom is -0.385 e. The molecule has 28 heavy (non-hydrogen) atoms. The standard InChI is InChI=1S/C21H37N5O2/c1-6-17(2)25-20(27)19-10-7-9-18(15-19)16-24-21(22-3)23-11-13-26(4)12-8-14-28-5/h7,9-10,15,17H,6,8,11-14,16H2,1-5H3,(H,25,27)(H2,22,23,24). The third-order valence-corrected chi connectivity index (χ3v) is 4.54. The molecule has 1 unspecified atom stereocenters. The minimum absolute atomic E-state index is 0.0322. The first-order valence-corrected chi connectivity index (χ1v) is 10.0. The lowest BCUT2D eigenvalue weighted by molar-refractivity contribution is 0.0939. The van der Waals surface area contributed by atoms with Gasteiger partial charge in [-0.25, -0.2) is 0 Å². The van der Waals surface area contributed by atoms with Crippen LogP contribution in [0.5, 0.6) is 0 Å². The van der Waals surface area contributed by atoms with Gasteiger partial charge in [0.05, 0.1) is 0 Å². The fourth-order valence-electron chi connectivity index (χ4n) is 2.59. The molecule has 0 bridgehead atoms. The molecule has 0 fully saturated rings. The Labute approximate surface area is 169 Å². The largest absolute Gasteiger partial charge is 0.385 e. The number of carbonyl (C=O) groups is 1. The molecule has 0 aliphatic carbocycles. The van der Waals surface area contributed by atoms with Crippen molar-refractivity contribution >= 4 is 11.9 Å². The number of guanidine groups is 1. The molecule has 1 rings (SSSR count). The van der Waals surface area contributed by atoms with Gasteiger partial charge < -0.3 is 25.6 Å². The second-order valence-electron chi connectivity index (χ2n) is 6.99. The number of amides is 1. The van der Waals surface area contributed by atoms with Crippen molar-refractivity contribution in [3.63, 3.8) is 0 Å². The SMILES string of the molecule is CCC(C)NC(=O)c1cccc(CNC(=NC)NCCN(C)CCCOC)c1. The van der Waals surface area contributed by atoms with Crippen LogP contribution < -0.4 is 16.0 Å². The van der Waals surface area contributed by atoms with Crippen molar-refractivity contribution in [2.24, 2.45) is 4.99 Å². The first-order valence-electron chi connectivity index (χ1n) is 10.0. The number of carbonyl (C=O) groups excluding carboxylic acids is 1. The van der Waals surface area contributed by atoms with Crippen LogP contribution in [-0.2, 0) is 11.3 Å². The molecule has 1 amide bonds. The fourth-order valence-corrected chi connectivity index (χ4v) is 2.59. The molecule has 7 heteroatoms. The highest BCUT2D eigenvalue weighted by molar-refractivity contribution is 5.94. The van der Waals surface area contributed by atoms with Crippen LogP contribution in [0, 0.1) is 0 Å². The molecular weight excluding hydrogens is 354 g/mol. The molecule has 158 valence electrons. The van der Waals surface area contributed by atoms with Gasteiger partial charge in [0.25, 0.3) is 5.91 Å². The number of hydrogen-bond acceptors (Lipinski definition) is 4. The summed E-state index contributed by atoms with van der Waals surface area (Å²) >= 11 is 0. The topological polar surface area (TPSA) is 78.0 Å². The number of rotatable bonds is 12. The molecule has 0 saturated carbocycles. The van der Waals surface area contributed by atoms with Gasteiger partial charge in [-0.1, -0.05) is 19.1 Å². The Balaban J connectivity index is 2.43. The zero-order valence-corrected chi connectivity index (χ0v) is 18.0. The summed E-state index contributed by atoms with van der Waals surface area (Å²) in [4.78, 5) is 18.8. The van der Waals surface area contributed by atoms with Crippen LogP contribution in [0.3, 0.4) is 0 Å². The minimum atomic E-state index is -0.0322. The van der Waals surface area contributed by atoms with E-state index in [4.69, 9.17) is 4.74 Å². The summed E-state index contributed by atoms with van der Waals surface area (Å²) < 4.78 is 5.08. The summed E-state index contributed by atoms with van der Waals surface area (Å²) in [5, 5.41) is 9.62. The molecule has 0 aliphatic rings. The van der Waals surface area contributed by atoms with Crippen molar-refractivity contribution in [1.29, 1.82) is 0 Å². The maximum atomic E-state index is 12.3. The Kier molecular flexibility index (Phi) is 11.9. The van der Waals surface area contributed by atoms with Crippen molar-refractivity contribution in [2.45, 2.75) is 39.3 Å². The molecule has 0 heterocycles. The monoisotopic (exact) mass is 391 g/mol. The van der Waals surface area contributed by atoms with E-state index in [1.54, 1.807) is 14.2 Å². The summed E-state index contributed by atoms with van der Waals surface area (Å²) in [5.74, 6) is 0.718. The number of nitrogens with zero attached hydrogens (tertiary/aromatic N) is 2. The first-order chi connectivity index (χ1) is 13.5. The summed E-state index contributed by atoms with van der Waals surface area (Å²) in [6, 6.07) is 7.84. The van der Waals surface area contributed by atoms with E-state index in [9.17, 15) is 4.79 Å². The summed E-state index contributed by atoms with van der Waals surface area (Å²) in [5.41, 5.74) is 1.72. The number of methoxy groups -OCH3 is 1. The van der Waals surface area contributed by atoms with Crippen LogP contribution in [-0.4, -0.2) is 70.3 Å². The van der Waals surface area contributed by atoms with Gasteiger partial charge in [0.2, 0.25) is 0 Å². The zero-order valence-electron chi connectivity index (χ0n) is 18.0. The second-order valence-corrected chi connectivity index (χ2v) is 6.99. The lowest BCUT2D eigenvalue weighted by atomic mass is 10.1. The maximum absolute atomic E-state index is 12.3. The normalized spacial score (nSPS) is 12.7. The van der Waals surface area contributed by atoms with Gasteiger partial charge >= 0.3 is 0 Å². The van der Waals surface area contributed by atoms with E-state index in [1.165, 1.54) is 0 Å². The Morgan fingerprint density at radius 2 is 2.07 bits per heavy atom. The van der Waals surface area contributed by atoms with Gasteiger partial charge in [-0.2, -0.15) is 0 Å². The molecule has 1 atom stereocenters. The average molecular weight is 392 g/mol. The Morgan fingerprint density at radius 1 is 1.29 bits per heavy atom. The van der Waals surface area contributed by atoms with Gasteiger partial charge in [-0.15, -0.1) is 0 Å². The lowest BCUT2D eigenvalue weighted by Crippen LogP contribution is -2.40. The molecule has 0 aliphatic heterocycles. The highest BCUT2D eigenvalue weighted by atomic mass is 16.5. The molecule has 7 nitrogen and oxygen atoms in total. The van der Waals surface area contributed by atoms with Crippen LogP contribution in [0.2, 0.25) is 0 Å². The molecule has 0 radical (unpaired) electrons. The quantitative estimate of drug-likeness (QED) is 0.288. The summed E-state index contributed by atoms with van der Waals surface area (Å²) in [7, 11) is 5.59. The maximum Gasteiger partial charge on any atom is 0.251 e. The zero-order chi connectivity index (χ0) is 20.8. The molecule has 0 spiro atoms. The van der Waals surface area contributed by atoms with Gasteiger partial charge in [-0.05, 0) is 44.5 Å². The van der Waals surface area contributed by atoms with Crippen molar-refractivity contribution < 1.29 is 9.53 Å². The molecule has 3 N–H and O–H groups in total. The van der Waals surface area contributed by atoms with Crippen molar-refractivity contribution in [3.8, 4) is 0 Å². The Bertz CT molecular complexity index is 606. The first kappa shape index (κ1) is 23.9. The van der Waals surface area contributed by atoms with E-state index in [0.29, 0.717) is 12.1 Å². The van der Waals surface area contributed by atoms with E-state index < -0.39 is 0 Å². The van der Waals surface area contributed by atoms with Gasteiger partial charge in [-0.3, -0.25) is 9.79 Å². The predicted octanol–water partition coefficient (Wildman–Crippen LogP) is 1.85. The highest BCUT2D eigenvalue weighted by Crippen LogP contribution is 2.06. The molecule has 1 aromatic carbocycles. The van der Waals surface area contributed by atoms with Crippen molar-refractivity contribution in [1.82, 2.24) is 20.9 Å². The molecule has 0 saturated heterocycles. The third kappa shape index (κ3) is 9.71. The van der Waals surface area contributed by atoms with Gasteiger partial charge in [0, 0.05) is 58.5 Å². The summed E-state index contributed by atoms with van der Waals surface area (Å²) in [6.07, 6.45) is 1.94. The molecule has 0 aromatic heterocycles. The third-order valence-electron chi connectivity index (χ3n) is 4.54.